The molecule has 1 heterocycles. The van der Waals surface area contributed by atoms with E-state index in [4.69, 9.17) is 0 Å². The van der Waals surface area contributed by atoms with Crippen molar-refractivity contribution in [3.05, 3.63) is 58.7 Å². The molecule has 0 spiro atoms. The summed E-state index contributed by atoms with van der Waals surface area (Å²) in [6, 6.07) is 8.34. The molecule has 1 aromatic heterocycles. The smallest absolute Gasteiger partial charge is 0.132 e. The van der Waals surface area contributed by atoms with Crippen molar-refractivity contribution >= 4 is 0 Å². The topological polar surface area (TPSA) is 46.0 Å². The minimum Gasteiger partial charge on any atom is -0.389 e. The Bertz CT molecular complexity index is 550. The highest BCUT2D eigenvalue weighted by Gasteiger charge is 2.08. The number of rotatable bonds is 3. The first-order valence-corrected chi connectivity index (χ1v) is 6.12. The quantitative estimate of drug-likeness (QED) is 0.900. The summed E-state index contributed by atoms with van der Waals surface area (Å²) < 4.78 is 0. The van der Waals surface area contributed by atoms with Crippen molar-refractivity contribution in [1.82, 2.24) is 9.97 Å². The van der Waals surface area contributed by atoms with Gasteiger partial charge in [-0.05, 0) is 26.3 Å². The summed E-state index contributed by atoms with van der Waals surface area (Å²) in [6.07, 6.45) is 1.93. The third kappa shape index (κ3) is 2.93. The van der Waals surface area contributed by atoms with Crippen LogP contribution in [0.3, 0.4) is 0 Å². The molecule has 0 saturated carbocycles. The summed E-state index contributed by atoms with van der Waals surface area (Å²) in [6.45, 7) is 5.71. The van der Waals surface area contributed by atoms with Gasteiger partial charge in [0.15, 0.2) is 0 Å². The van der Waals surface area contributed by atoms with Gasteiger partial charge in [0.05, 0.1) is 6.10 Å². The van der Waals surface area contributed by atoms with Gasteiger partial charge in [0.25, 0.3) is 0 Å². The lowest BCUT2D eigenvalue weighted by atomic mass is 10.1. The summed E-state index contributed by atoms with van der Waals surface area (Å²) in [5.41, 5.74) is 4.09. The molecule has 0 aliphatic heterocycles. The summed E-state index contributed by atoms with van der Waals surface area (Å²) >= 11 is 0. The molecule has 2 rings (SSSR count). The molecular formula is C15H18N2O. The van der Waals surface area contributed by atoms with E-state index in [-0.39, 0.29) is 0 Å². The molecule has 3 nitrogen and oxygen atoms in total. The second kappa shape index (κ2) is 5.27. The highest BCUT2D eigenvalue weighted by atomic mass is 16.3. The van der Waals surface area contributed by atoms with Gasteiger partial charge < -0.3 is 5.11 Å². The van der Waals surface area contributed by atoms with Crippen LogP contribution in [0.2, 0.25) is 0 Å². The molecule has 1 aromatic carbocycles. The maximum Gasteiger partial charge on any atom is 0.132 e. The van der Waals surface area contributed by atoms with E-state index in [2.05, 4.69) is 35.1 Å². The lowest BCUT2D eigenvalue weighted by Crippen LogP contribution is -2.04. The van der Waals surface area contributed by atoms with Crippen molar-refractivity contribution in [2.75, 3.05) is 0 Å². The summed E-state index contributed by atoms with van der Waals surface area (Å²) in [5, 5.41) is 9.54. The molecule has 3 heteroatoms. The molecule has 2 aromatic rings. The normalized spacial score (nSPS) is 12.4. The van der Waals surface area contributed by atoms with E-state index in [1.54, 1.807) is 13.1 Å². The number of hydrogen-bond acceptors (Lipinski definition) is 3. The Labute approximate surface area is 108 Å². The molecule has 0 radical (unpaired) electrons. The molecule has 0 bridgehead atoms. The number of benzene rings is 1. The number of aliphatic hydroxyl groups excluding tert-OH is 1. The van der Waals surface area contributed by atoms with Crippen LogP contribution < -0.4 is 0 Å². The second-order valence-electron chi connectivity index (χ2n) is 4.67. The first-order valence-electron chi connectivity index (χ1n) is 6.12. The van der Waals surface area contributed by atoms with Gasteiger partial charge in [-0.3, -0.25) is 0 Å². The van der Waals surface area contributed by atoms with Gasteiger partial charge >= 0.3 is 0 Å². The zero-order chi connectivity index (χ0) is 13.1. The molecule has 94 valence electrons. The Balaban J connectivity index is 2.23. The van der Waals surface area contributed by atoms with Gasteiger partial charge in [-0.1, -0.05) is 29.8 Å². The molecular weight excluding hydrogens is 224 g/mol. The standard InChI is InChI=1S/C15H18N2O/c1-10-5-4-6-13(7-10)8-15-16-9-14(12(3)18)11(2)17-15/h4-7,9,12,18H,8H2,1-3H3/t12-/m0/s1. The third-order valence-electron chi connectivity index (χ3n) is 2.96. The fraction of sp³-hybridized carbons (Fsp3) is 0.333. The molecule has 0 fully saturated rings. The van der Waals surface area contributed by atoms with Crippen molar-refractivity contribution in [1.29, 1.82) is 0 Å². The third-order valence-corrected chi connectivity index (χ3v) is 2.96. The predicted molar refractivity (Wildman–Crippen MR) is 71.4 cm³/mol. The maximum absolute atomic E-state index is 9.54. The van der Waals surface area contributed by atoms with Gasteiger partial charge in [0.1, 0.15) is 5.82 Å². The van der Waals surface area contributed by atoms with E-state index >= 15 is 0 Å². The van der Waals surface area contributed by atoms with Crippen LogP contribution in [-0.4, -0.2) is 15.1 Å². The SMILES string of the molecule is Cc1cccc(Cc2ncc([C@H](C)O)c(C)n2)c1. The van der Waals surface area contributed by atoms with Gasteiger partial charge in [-0.25, -0.2) is 9.97 Å². The van der Waals surface area contributed by atoms with Crippen molar-refractivity contribution in [3.63, 3.8) is 0 Å². The summed E-state index contributed by atoms with van der Waals surface area (Å²) in [7, 11) is 0. The van der Waals surface area contributed by atoms with Gasteiger partial charge in [-0.15, -0.1) is 0 Å². The second-order valence-corrected chi connectivity index (χ2v) is 4.67. The Morgan fingerprint density at radius 1 is 1.28 bits per heavy atom. The van der Waals surface area contributed by atoms with E-state index in [1.807, 2.05) is 13.0 Å². The van der Waals surface area contributed by atoms with E-state index < -0.39 is 6.10 Å². The van der Waals surface area contributed by atoms with Crippen LogP contribution in [0, 0.1) is 13.8 Å². The molecule has 1 atom stereocenters. The maximum atomic E-state index is 9.54. The van der Waals surface area contributed by atoms with Gasteiger partial charge in [-0.2, -0.15) is 0 Å². The van der Waals surface area contributed by atoms with Crippen LogP contribution in [0.5, 0.6) is 0 Å². The Hall–Kier alpha value is -1.74. The van der Waals surface area contributed by atoms with E-state index in [9.17, 15) is 5.11 Å². The van der Waals surface area contributed by atoms with Gasteiger partial charge in [0, 0.05) is 23.9 Å². The van der Waals surface area contributed by atoms with Crippen LogP contribution >= 0.6 is 0 Å². The highest BCUT2D eigenvalue weighted by Crippen LogP contribution is 2.15. The molecule has 0 saturated heterocycles. The monoisotopic (exact) mass is 242 g/mol. The average molecular weight is 242 g/mol. The molecule has 18 heavy (non-hydrogen) atoms. The van der Waals surface area contributed by atoms with Crippen LogP contribution in [-0.2, 0) is 6.42 Å². The largest absolute Gasteiger partial charge is 0.389 e. The summed E-state index contributed by atoms with van der Waals surface area (Å²) in [5.74, 6) is 0.794. The average Bonchev–Trinajstić information content (AvgIpc) is 2.28. The Kier molecular flexibility index (Phi) is 3.72. The minimum absolute atomic E-state index is 0.516. The number of aryl methyl sites for hydroxylation is 2. The minimum atomic E-state index is -0.516. The fourth-order valence-electron chi connectivity index (χ4n) is 2.02. The zero-order valence-corrected chi connectivity index (χ0v) is 11.0. The number of aliphatic hydroxyl groups is 1. The van der Waals surface area contributed by atoms with E-state index in [0.717, 1.165) is 23.5 Å². The molecule has 0 amide bonds. The zero-order valence-electron chi connectivity index (χ0n) is 11.0. The number of nitrogens with zero attached hydrogens (tertiary/aromatic N) is 2. The van der Waals surface area contributed by atoms with Crippen LogP contribution in [0.25, 0.3) is 0 Å². The van der Waals surface area contributed by atoms with E-state index in [1.165, 1.54) is 11.1 Å². The first kappa shape index (κ1) is 12.7. The van der Waals surface area contributed by atoms with Crippen molar-refractivity contribution in [2.45, 2.75) is 33.3 Å². The van der Waals surface area contributed by atoms with Crippen LogP contribution in [0.1, 0.15) is 41.2 Å². The Morgan fingerprint density at radius 2 is 2.06 bits per heavy atom. The first-order chi connectivity index (χ1) is 8.56. The van der Waals surface area contributed by atoms with Crippen molar-refractivity contribution < 1.29 is 5.11 Å². The number of hydrogen-bond donors (Lipinski definition) is 1. The predicted octanol–water partition coefficient (Wildman–Crippen LogP) is 2.74. The molecule has 1 N–H and O–H groups in total. The van der Waals surface area contributed by atoms with Crippen LogP contribution in [0.4, 0.5) is 0 Å². The fourth-order valence-corrected chi connectivity index (χ4v) is 2.02. The van der Waals surface area contributed by atoms with E-state index in [0.29, 0.717) is 0 Å². The molecule has 0 aliphatic carbocycles. The highest BCUT2D eigenvalue weighted by molar-refractivity contribution is 5.26. The summed E-state index contributed by atoms with van der Waals surface area (Å²) in [4.78, 5) is 8.76. The molecule has 0 unspecified atom stereocenters. The number of aromatic nitrogens is 2. The van der Waals surface area contributed by atoms with Crippen molar-refractivity contribution in [2.24, 2.45) is 0 Å². The Morgan fingerprint density at radius 3 is 2.67 bits per heavy atom. The van der Waals surface area contributed by atoms with Gasteiger partial charge in [0.2, 0.25) is 0 Å². The lowest BCUT2D eigenvalue weighted by molar-refractivity contribution is 0.197. The molecule has 0 aliphatic rings. The lowest BCUT2D eigenvalue weighted by Gasteiger charge is -2.09. The van der Waals surface area contributed by atoms with Crippen molar-refractivity contribution in [3.8, 4) is 0 Å². The van der Waals surface area contributed by atoms with Crippen LogP contribution in [0.15, 0.2) is 30.5 Å².